The van der Waals surface area contributed by atoms with E-state index in [-0.39, 0.29) is 5.56 Å². The highest BCUT2D eigenvalue weighted by molar-refractivity contribution is 5.99. The van der Waals surface area contributed by atoms with Crippen LogP contribution in [0.15, 0.2) is 18.2 Å². The van der Waals surface area contributed by atoms with Crippen molar-refractivity contribution in [3.05, 3.63) is 29.3 Å². The standard InChI is InChI=1S/C14H18F3N3O/c1-19-6-3-7-20(9-8-19)13(21)10-4-2-5-11(12(10)18)14(15,16)17/h2,4-5H,3,6-9,18H2,1H3. The zero-order chi connectivity index (χ0) is 15.6. The molecule has 0 unspecified atom stereocenters. The molecule has 1 aromatic carbocycles. The minimum absolute atomic E-state index is 0.0746. The molecule has 0 radical (unpaired) electrons. The molecule has 0 bridgehead atoms. The summed E-state index contributed by atoms with van der Waals surface area (Å²) < 4.78 is 38.5. The molecule has 2 rings (SSSR count). The van der Waals surface area contributed by atoms with Crippen LogP contribution in [0, 0.1) is 0 Å². The van der Waals surface area contributed by atoms with Crippen LogP contribution < -0.4 is 5.73 Å². The van der Waals surface area contributed by atoms with Crippen molar-refractivity contribution in [2.45, 2.75) is 12.6 Å². The summed E-state index contributed by atoms with van der Waals surface area (Å²) in [6.45, 7) is 2.58. The highest BCUT2D eigenvalue weighted by Gasteiger charge is 2.35. The lowest BCUT2D eigenvalue weighted by Crippen LogP contribution is -2.35. The van der Waals surface area contributed by atoms with E-state index in [1.165, 1.54) is 12.1 Å². The molecule has 1 aliphatic rings. The Bertz CT molecular complexity index is 531. The Kier molecular flexibility index (Phi) is 4.41. The lowest BCUT2D eigenvalue weighted by atomic mass is 10.1. The van der Waals surface area contributed by atoms with Crippen molar-refractivity contribution in [1.82, 2.24) is 9.80 Å². The van der Waals surface area contributed by atoms with Crippen molar-refractivity contribution >= 4 is 11.6 Å². The van der Waals surface area contributed by atoms with Gasteiger partial charge in [-0.2, -0.15) is 13.2 Å². The minimum Gasteiger partial charge on any atom is -0.398 e. The highest BCUT2D eigenvalue weighted by Crippen LogP contribution is 2.35. The summed E-state index contributed by atoms with van der Waals surface area (Å²) in [6.07, 6.45) is -3.76. The Morgan fingerprint density at radius 1 is 1.19 bits per heavy atom. The third kappa shape index (κ3) is 3.47. The van der Waals surface area contributed by atoms with Crippen molar-refractivity contribution in [2.75, 3.05) is 39.0 Å². The molecule has 0 aromatic heterocycles. The average molecular weight is 301 g/mol. The van der Waals surface area contributed by atoms with Crippen LogP contribution in [0.3, 0.4) is 0 Å². The molecule has 0 aliphatic carbocycles. The van der Waals surface area contributed by atoms with Gasteiger partial charge in [-0.25, -0.2) is 0 Å². The Hall–Kier alpha value is -1.76. The number of carbonyl (C=O) groups is 1. The number of rotatable bonds is 1. The number of carbonyl (C=O) groups excluding carboxylic acids is 1. The molecule has 4 nitrogen and oxygen atoms in total. The van der Waals surface area contributed by atoms with Crippen molar-refractivity contribution in [2.24, 2.45) is 0 Å². The normalized spacial score (nSPS) is 17.6. The Morgan fingerprint density at radius 2 is 1.90 bits per heavy atom. The molecule has 116 valence electrons. The van der Waals surface area contributed by atoms with Gasteiger partial charge in [0.05, 0.1) is 16.8 Å². The first kappa shape index (κ1) is 15.6. The van der Waals surface area contributed by atoms with Crippen molar-refractivity contribution in [1.29, 1.82) is 0 Å². The number of hydrogen-bond acceptors (Lipinski definition) is 3. The second-order valence-electron chi connectivity index (χ2n) is 5.21. The zero-order valence-electron chi connectivity index (χ0n) is 11.8. The van der Waals surface area contributed by atoms with Crippen LogP contribution in [0.1, 0.15) is 22.3 Å². The molecule has 0 spiro atoms. The Morgan fingerprint density at radius 3 is 2.57 bits per heavy atom. The third-order valence-corrected chi connectivity index (χ3v) is 3.65. The van der Waals surface area contributed by atoms with Crippen molar-refractivity contribution in [3.8, 4) is 0 Å². The van der Waals surface area contributed by atoms with E-state index in [2.05, 4.69) is 4.90 Å². The summed E-state index contributed by atoms with van der Waals surface area (Å²) in [5.74, 6) is -0.436. The maximum Gasteiger partial charge on any atom is 0.418 e. The average Bonchev–Trinajstić information content (AvgIpc) is 2.62. The highest BCUT2D eigenvalue weighted by atomic mass is 19.4. The smallest absolute Gasteiger partial charge is 0.398 e. The van der Waals surface area contributed by atoms with Gasteiger partial charge in [-0.05, 0) is 32.1 Å². The Labute approximate surface area is 121 Å². The summed E-state index contributed by atoms with van der Waals surface area (Å²) >= 11 is 0. The van der Waals surface area contributed by atoms with Gasteiger partial charge in [0.2, 0.25) is 0 Å². The first-order valence-corrected chi connectivity index (χ1v) is 6.74. The molecule has 0 saturated carbocycles. The lowest BCUT2D eigenvalue weighted by molar-refractivity contribution is -0.136. The van der Waals surface area contributed by atoms with Crippen LogP contribution >= 0.6 is 0 Å². The number of halogens is 3. The van der Waals surface area contributed by atoms with Gasteiger partial charge in [0, 0.05) is 19.6 Å². The van der Waals surface area contributed by atoms with Crippen LogP contribution in [0.25, 0.3) is 0 Å². The molecular formula is C14H18F3N3O. The number of anilines is 1. The van der Waals surface area contributed by atoms with Crippen LogP contribution in [-0.2, 0) is 6.18 Å². The fraction of sp³-hybridized carbons (Fsp3) is 0.500. The first-order valence-electron chi connectivity index (χ1n) is 6.74. The number of hydrogen-bond donors (Lipinski definition) is 1. The number of nitrogen functional groups attached to an aromatic ring is 1. The summed E-state index contributed by atoms with van der Waals surface area (Å²) in [7, 11) is 1.95. The van der Waals surface area contributed by atoms with E-state index < -0.39 is 23.3 Å². The van der Waals surface area contributed by atoms with E-state index in [9.17, 15) is 18.0 Å². The summed E-state index contributed by atoms with van der Waals surface area (Å²) in [5, 5.41) is 0. The molecule has 2 N–H and O–H groups in total. The summed E-state index contributed by atoms with van der Waals surface area (Å²) in [5.41, 5.74) is 4.04. The van der Waals surface area contributed by atoms with Gasteiger partial charge < -0.3 is 15.5 Å². The number of nitrogens with two attached hydrogens (primary N) is 1. The maximum atomic E-state index is 12.8. The van der Waals surface area contributed by atoms with E-state index >= 15 is 0 Å². The number of alkyl halides is 3. The zero-order valence-corrected chi connectivity index (χ0v) is 11.8. The fourth-order valence-corrected chi connectivity index (χ4v) is 2.42. The molecule has 7 heteroatoms. The molecule has 1 fully saturated rings. The number of nitrogens with zero attached hydrogens (tertiary/aromatic N) is 2. The van der Waals surface area contributed by atoms with Crippen LogP contribution in [0.4, 0.5) is 18.9 Å². The van der Waals surface area contributed by atoms with Gasteiger partial charge >= 0.3 is 6.18 Å². The van der Waals surface area contributed by atoms with E-state index in [0.717, 1.165) is 19.0 Å². The Balaban J connectivity index is 2.27. The number of amides is 1. The molecule has 1 aliphatic heterocycles. The van der Waals surface area contributed by atoms with E-state index in [0.29, 0.717) is 19.6 Å². The van der Waals surface area contributed by atoms with E-state index in [4.69, 9.17) is 5.73 Å². The van der Waals surface area contributed by atoms with Crippen LogP contribution in [0.2, 0.25) is 0 Å². The van der Waals surface area contributed by atoms with Gasteiger partial charge in [-0.1, -0.05) is 6.07 Å². The quantitative estimate of drug-likeness (QED) is 0.808. The number of likely N-dealkylation sites (N-methyl/N-ethyl adjacent to an activating group) is 1. The molecule has 1 saturated heterocycles. The lowest BCUT2D eigenvalue weighted by Gasteiger charge is -2.22. The fourth-order valence-electron chi connectivity index (χ4n) is 2.42. The van der Waals surface area contributed by atoms with Gasteiger partial charge in [0.15, 0.2) is 0 Å². The molecular weight excluding hydrogens is 283 g/mol. The monoisotopic (exact) mass is 301 g/mol. The van der Waals surface area contributed by atoms with Gasteiger partial charge in [0.25, 0.3) is 5.91 Å². The molecule has 1 heterocycles. The number of para-hydroxylation sites is 1. The summed E-state index contributed by atoms with van der Waals surface area (Å²) in [6, 6.07) is 3.46. The van der Waals surface area contributed by atoms with E-state index in [1.54, 1.807) is 4.90 Å². The largest absolute Gasteiger partial charge is 0.418 e. The second-order valence-corrected chi connectivity index (χ2v) is 5.21. The van der Waals surface area contributed by atoms with Crippen LogP contribution in [-0.4, -0.2) is 48.9 Å². The molecule has 1 aromatic rings. The van der Waals surface area contributed by atoms with Crippen molar-refractivity contribution < 1.29 is 18.0 Å². The van der Waals surface area contributed by atoms with E-state index in [1.807, 2.05) is 7.05 Å². The maximum absolute atomic E-state index is 12.8. The molecule has 21 heavy (non-hydrogen) atoms. The van der Waals surface area contributed by atoms with Gasteiger partial charge in [-0.3, -0.25) is 4.79 Å². The predicted molar refractivity (Wildman–Crippen MR) is 73.9 cm³/mol. The number of benzene rings is 1. The van der Waals surface area contributed by atoms with Crippen LogP contribution in [0.5, 0.6) is 0 Å². The SMILES string of the molecule is CN1CCCN(C(=O)c2cccc(C(F)(F)F)c2N)CC1. The van der Waals surface area contributed by atoms with Gasteiger partial charge in [0.1, 0.15) is 0 Å². The minimum atomic E-state index is -4.56. The first-order chi connectivity index (χ1) is 9.80. The topological polar surface area (TPSA) is 49.6 Å². The predicted octanol–water partition coefficient (Wildman–Crippen LogP) is 2.07. The molecule has 1 amide bonds. The second kappa shape index (κ2) is 5.93. The summed E-state index contributed by atoms with van der Waals surface area (Å²) in [4.78, 5) is 16.1. The third-order valence-electron chi connectivity index (χ3n) is 3.65. The van der Waals surface area contributed by atoms with Crippen molar-refractivity contribution in [3.63, 3.8) is 0 Å². The van der Waals surface area contributed by atoms with Gasteiger partial charge in [-0.15, -0.1) is 0 Å². The molecule has 0 atom stereocenters.